The highest BCUT2D eigenvalue weighted by Gasteiger charge is 2.15. The molecule has 8 heteroatoms. The van der Waals surface area contributed by atoms with Crippen LogP contribution < -0.4 is 15.2 Å². The second-order valence-corrected chi connectivity index (χ2v) is 5.88. The van der Waals surface area contributed by atoms with Crippen LogP contribution in [0, 0.1) is 0 Å². The van der Waals surface area contributed by atoms with Gasteiger partial charge in [0, 0.05) is 13.8 Å². The number of carboxylic acid groups (broad SMARTS) is 1. The van der Waals surface area contributed by atoms with Gasteiger partial charge in [-0.3, -0.25) is 14.4 Å². The number of carbonyl (C=O) groups excluding carboxylic acids is 2. The van der Waals surface area contributed by atoms with Crippen molar-refractivity contribution in [2.24, 2.45) is 5.73 Å². The molecule has 1 aromatic carbocycles. The van der Waals surface area contributed by atoms with E-state index >= 15 is 0 Å². The lowest BCUT2D eigenvalue weighted by molar-refractivity contribution is -0.138. The summed E-state index contributed by atoms with van der Waals surface area (Å²) >= 11 is 0. The Bertz CT molecular complexity index is 608. The number of benzene rings is 1. The standard InChI is InChI=1S/C13H15NO6.C5H10.ClH/c1-7(15)19-11-4-3-9(5-10(14)13(17)18)6-12(11)20-8(2)16;1-2-4-5-3-1;/h3-4,6,10H,5,14H2,1-2H3,(H,17,18);1-5H2;1H/t10-;;/m0../s1. The van der Waals surface area contributed by atoms with Gasteiger partial charge in [-0.15, -0.1) is 12.4 Å². The van der Waals surface area contributed by atoms with Crippen molar-refractivity contribution in [1.82, 2.24) is 0 Å². The Morgan fingerprint density at radius 2 is 1.46 bits per heavy atom. The number of ether oxygens (including phenoxy) is 2. The topological polar surface area (TPSA) is 116 Å². The first-order chi connectivity index (χ1) is 11.8. The van der Waals surface area contributed by atoms with Crippen molar-refractivity contribution in [3.63, 3.8) is 0 Å². The molecule has 3 N–H and O–H groups in total. The van der Waals surface area contributed by atoms with Crippen LogP contribution in [0.15, 0.2) is 18.2 Å². The molecule has 1 atom stereocenters. The van der Waals surface area contributed by atoms with Gasteiger partial charge in [0.1, 0.15) is 6.04 Å². The number of rotatable bonds is 5. The molecule has 146 valence electrons. The fourth-order valence-electron chi connectivity index (χ4n) is 2.38. The SMILES string of the molecule is C1CCCC1.CC(=O)Oc1ccc(C[C@H](N)C(=O)O)cc1OC(C)=O.Cl. The van der Waals surface area contributed by atoms with Gasteiger partial charge >= 0.3 is 17.9 Å². The van der Waals surface area contributed by atoms with E-state index in [4.69, 9.17) is 20.3 Å². The third kappa shape index (κ3) is 9.39. The summed E-state index contributed by atoms with van der Waals surface area (Å²) in [4.78, 5) is 32.7. The predicted octanol–water partition coefficient (Wildman–Crippen LogP) is 2.86. The molecule has 0 bridgehead atoms. The van der Waals surface area contributed by atoms with E-state index < -0.39 is 23.9 Å². The van der Waals surface area contributed by atoms with Gasteiger partial charge in [-0.25, -0.2) is 0 Å². The van der Waals surface area contributed by atoms with Crippen molar-refractivity contribution in [2.75, 3.05) is 0 Å². The summed E-state index contributed by atoms with van der Waals surface area (Å²) < 4.78 is 9.81. The Morgan fingerprint density at radius 1 is 1.00 bits per heavy atom. The van der Waals surface area contributed by atoms with Gasteiger partial charge in [-0.1, -0.05) is 38.2 Å². The van der Waals surface area contributed by atoms with Crippen molar-refractivity contribution in [3.8, 4) is 11.5 Å². The van der Waals surface area contributed by atoms with Crippen LogP contribution in [0.4, 0.5) is 0 Å². The third-order valence-corrected chi connectivity index (χ3v) is 3.54. The molecule has 2 rings (SSSR count). The molecule has 0 spiro atoms. The fourth-order valence-corrected chi connectivity index (χ4v) is 2.38. The largest absolute Gasteiger partial charge is 0.480 e. The van der Waals surface area contributed by atoms with Crippen molar-refractivity contribution in [3.05, 3.63) is 23.8 Å². The van der Waals surface area contributed by atoms with Crippen molar-refractivity contribution >= 4 is 30.3 Å². The first-order valence-corrected chi connectivity index (χ1v) is 8.27. The number of halogens is 1. The zero-order valence-electron chi connectivity index (χ0n) is 15.0. The Kier molecular flexibility index (Phi) is 11.3. The summed E-state index contributed by atoms with van der Waals surface area (Å²) in [5.41, 5.74) is 5.97. The molecule has 1 aliphatic carbocycles. The molecular formula is C18H26ClNO6. The van der Waals surface area contributed by atoms with E-state index in [2.05, 4.69) is 0 Å². The first kappa shape index (κ1) is 23.9. The first-order valence-electron chi connectivity index (χ1n) is 8.27. The Balaban J connectivity index is 0.000000893. The maximum Gasteiger partial charge on any atom is 0.320 e. The third-order valence-electron chi connectivity index (χ3n) is 3.54. The average molecular weight is 388 g/mol. The molecule has 0 radical (unpaired) electrons. The van der Waals surface area contributed by atoms with Gasteiger partial charge in [-0.05, 0) is 24.1 Å². The van der Waals surface area contributed by atoms with E-state index in [-0.39, 0.29) is 30.3 Å². The lowest BCUT2D eigenvalue weighted by atomic mass is 10.1. The molecule has 0 amide bonds. The Hall–Kier alpha value is -2.12. The number of carboxylic acids is 1. The molecule has 0 unspecified atom stereocenters. The highest BCUT2D eigenvalue weighted by molar-refractivity contribution is 5.85. The molecule has 1 saturated carbocycles. The Morgan fingerprint density at radius 3 is 1.88 bits per heavy atom. The van der Waals surface area contributed by atoms with E-state index in [1.165, 1.54) is 58.1 Å². The van der Waals surface area contributed by atoms with E-state index in [0.717, 1.165) is 0 Å². The molecule has 1 fully saturated rings. The van der Waals surface area contributed by atoms with Gasteiger partial charge in [0.25, 0.3) is 0 Å². The molecule has 7 nitrogen and oxygen atoms in total. The average Bonchev–Trinajstić information content (AvgIpc) is 3.08. The normalized spacial score (nSPS) is 13.5. The minimum atomic E-state index is -1.14. The van der Waals surface area contributed by atoms with Crippen LogP contribution in [0.5, 0.6) is 11.5 Å². The molecule has 0 aliphatic heterocycles. The van der Waals surface area contributed by atoms with Crippen LogP contribution in [0.2, 0.25) is 0 Å². The summed E-state index contributed by atoms with van der Waals surface area (Å²) in [5, 5.41) is 8.75. The number of aliphatic carboxylic acids is 1. The van der Waals surface area contributed by atoms with Gasteiger partial charge < -0.3 is 20.3 Å². The fraction of sp³-hybridized carbons (Fsp3) is 0.500. The summed E-state index contributed by atoms with van der Waals surface area (Å²) in [5.74, 6) is -2.15. The van der Waals surface area contributed by atoms with Crippen molar-refractivity contribution in [1.29, 1.82) is 0 Å². The quantitative estimate of drug-likeness (QED) is 0.589. The van der Waals surface area contributed by atoms with E-state index in [1.54, 1.807) is 6.07 Å². The van der Waals surface area contributed by atoms with Crippen molar-refractivity contribution < 1.29 is 29.0 Å². The molecule has 26 heavy (non-hydrogen) atoms. The number of carbonyl (C=O) groups is 3. The lowest BCUT2D eigenvalue weighted by Crippen LogP contribution is -2.32. The maximum absolute atomic E-state index is 11.0. The smallest absolute Gasteiger partial charge is 0.320 e. The number of hydrogen-bond donors (Lipinski definition) is 2. The molecule has 0 saturated heterocycles. The monoisotopic (exact) mass is 387 g/mol. The zero-order chi connectivity index (χ0) is 18.8. The number of nitrogens with two attached hydrogens (primary N) is 1. The van der Waals surface area contributed by atoms with Crippen LogP contribution in [0.1, 0.15) is 51.5 Å². The van der Waals surface area contributed by atoms with E-state index in [9.17, 15) is 14.4 Å². The molecule has 1 aromatic rings. The van der Waals surface area contributed by atoms with Crippen LogP contribution in [-0.4, -0.2) is 29.1 Å². The Labute approximate surface area is 159 Å². The number of esters is 2. The van der Waals surface area contributed by atoms with Gasteiger partial charge in [0.2, 0.25) is 0 Å². The minimum Gasteiger partial charge on any atom is -0.480 e. The zero-order valence-corrected chi connectivity index (χ0v) is 15.8. The molecule has 0 heterocycles. The second-order valence-electron chi connectivity index (χ2n) is 5.88. The summed E-state index contributed by atoms with van der Waals surface area (Å²) in [6, 6.07) is 3.32. The molecular weight excluding hydrogens is 362 g/mol. The van der Waals surface area contributed by atoms with Crippen LogP contribution in [-0.2, 0) is 20.8 Å². The predicted molar refractivity (Wildman–Crippen MR) is 98.7 cm³/mol. The summed E-state index contributed by atoms with van der Waals surface area (Å²) in [7, 11) is 0. The molecule has 0 aromatic heterocycles. The van der Waals surface area contributed by atoms with E-state index in [1.807, 2.05) is 0 Å². The van der Waals surface area contributed by atoms with Crippen molar-refractivity contribution in [2.45, 2.75) is 58.4 Å². The number of hydrogen-bond acceptors (Lipinski definition) is 6. The minimum absolute atomic E-state index is 0. The van der Waals surface area contributed by atoms with E-state index in [0.29, 0.717) is 5.56 Å². The highest BCUT2D eigenvalue weighted by atomic mass is 35.5. The van der Waals surface area contributed by atoms with Gasteiger partial charge in [0.15, 0.2) is 11.5 Å². The lowest BCUT2D eigenvalue weighted by Gasteiger charge is -2.11. The van der Waals surface area contributed by atoms with Crippen LogP contribution in [0.3, 0.4) is 0 Å². The van der Waals surface area contributed by atoms with Crippen LogP contribution >= 0.6 is 12.4 Å². The summed E-state index contributed by atoms with van der Waals surface area (Å²) in [6.45, 7) is 2.42. The highest BCUT2D eigenvalue weighted by Crippen LogP contribution is 2.29. The maximum atomic E-state index is 11.0. The van der Waals surface area contributed by atoms with Gasteiger partial charge in [-0.2, -0.15) is 0 Å². The van der Waals surface area contributed by atoms with Gasteiger partial charge in [0.05, 0.1) is 0 Å². The second kappa shape index (κ2) is 12.3. The van der Waals surface area contributed by atoms with Crippen LogP contribution in [0.25, 0.3) is 0 Å². The molecule has 1 aliphatic rings. The summed E-state index contributed by atoms with van der Waals surface area (Å²) in [6.07, 6.45) is 7.56.